The fourth-order valence-corrected chi connectivity index (χ4v) is 1.92. The maximum absolute atomic E-state index is 13.8. The minimum atomic E-state index is -0.444. The van der Waals surface area contributed by atoms with Crippen molar-refractivity contribution in [3.63, 3.8) is 0 Å². The number of methoxy groups -OCH3 is 1. The van der Waals surface area contributed by atoms with E-state index in [2.05, 4.69) is 0 Å². The smallest absolute Gasteiger partial charge is 0.169 e. The third kappa shape index (κ3) is 2.29. The highest BCUT2D eigenvalue weighted by atomic mass is 19.1. The third-order valence-electron chi connectivity index (χ3n) is 2.64. The molecule has 0 saturated heterocycles. The molecular weight excluding hydrogens is 225 g/mol. The van der Waals surface area contributed by atoms with Crippen molar-refractivity contribution in [2.75, 3.05) is 26.9 Å². The van der Waals surface area contributed by atoms with E-state index >= 15 is 0 Å². The number of hydrogen-bond acceptors (Lipinski definition) is 4. The van der Waals surface area contributed by atoms with Gasteiger partial charge in [0.2, 0.25) is 0 Å². The van der Waals surface area contributed by atoms with E-state index in [1.807, 2.05) is 0 Å². The molecule has 1 aliphatic rings. The highest BCUT2D eigenvalue weighted by Gasteiger charge is 2.22. The van der Waals surface area contributed by atoms with Gasteiger partial charge in [-0.2, -0.15) is 0 Å². The summed E-state index contributed by atoms with van der Waals surface area (Å²) in [6.45, 7) is 1.48. The molecule has 5 heteroatoms. The van der Waals surface area contributed by atoms with Gasteiger partial charge in [0, 0.05) is 18.1 Å². The summed E-state index contributed by atoms with van der Waals surface area (Å²) in [6.07, 6.45) is 1.27. The Morgan fingerprint density at radius 1 is 1.41 bits per heavy atom. The summed E-state index contributed by atoms with van der Waals surface area (Å²) >= 11 is 0. The second-order valence-electron chi connectivity index (χ2n) is 3.79. The average molecular weight is 241 g/mol. The molecule has 94 valence electrons. The van der Waals surface area contributed by atoms with E-state index in [9.17, 15) is 4.39 Å². The Morgan fingerprint density at radius 3 is 2.88 bits per heavy atom. The monoisotopic (exact) mass is 241 g/mol. The fraction of sp³-hybridized carbons (Fsp3) is 0.500. The van der Waals surface area contributed by atoms with E-state index in [-0.39, 0.29) is 5.75 Å². The molecular formula is C12H16FNO3. The Balaban J connectivity index is 2.53. The topological polar surface area (TPSA) is 53.7 Å². The molecule has 0 aliphatic carbocycles. The molecule has 0 atom stereocenters. The Labute approximate surface area is 99.5 Å². The minimum absolute atomic E-state index is 0.194. The lowest BCUT2D eigenvalue weighted by molar-refractivity contribution is 0.295. The van der Waals surface area contributed by atoms with Gasteiger partial charge in [0.1, 0.15) is 0 Å². The number of halogens is 1. The molecule has 1 aliphatic heterocycles. The molecule has 0 unspecified atom stereocenters. The SMILES string of the molecule is COc1c(F)cc2c(c1CCN)OCCCO2. The maximum Gasteiger partial charge on any atom is 0.169 e. The van der Waals surface area contributed by atoms with E-state index in [1.165, 1.54) is 13.2 Å². The van der Waals surface area contributed by atoms with Gasteiger partial charge in [0.15, 0.2) is 23.1 Å². The molecule has 2 N–H and O–H groups in total. The fourth-order valence-electron chi connectivity index (χ4n) is 1.92. The lowest BCUT2D eigenvalue weighted by Crippen LogP contribution is -2.08. The lowest BCUT2D eigenvalue weighted by atomic mass is 10.1. The Bertz CT molecular complexity index is 409. The van der Waals surface area contributed by atoms with Crippen LogP contribution < -0.4 is 19.9 Å². The van der Waals surface area contributed by atoms with E-state index < -0.39 is 5.82 Å². The van der Waals surface area contributed by atoms with Crippen molar-refractivity contribution in [3.8, 4) is 17.2 Å². The summed E-state index contributed by atoms with van der Waals surface area (Å²) in [5, 5.41) is 0. The van der Waals surface area contributed by atoms with Gasteiger partial charge in [-0.15, -0.1) is 0 Å². The maximum atomic E-state index is 13.8. The van der Waals surface area contributed by atoms with Crippen LogP contribution in [0.4, 0.5) is 4.39 Å². The molecule has 2 rings (SSSR count). The molecule has 4 nitrogen and oxygen atoms in total. The molecule has 0 saturated carbocycles. The van der Waals surface area contributed by atoms with Crippen LogP contribution in [0, 0.1) is 5.82 Å². The normalized spacial score (nSPS) is 14.3. The van der Waals surface area contributed by atoms with E-state index in [1.54, 1.807) is 0 Å². The predicted octanol–water partition coefficient (Wildman–Crippen LogP) is 1.50. The summed E-state index contributed by atoms with van der Waals surface area (Å²) in [6, 6.07) is 1.31. The second kappa shape index (κ2) is 5.23. The summed E-state index contributed by atoms with van der Waals surface area (Å²) < 4.78 is 29.9. The van der Waals surface area contributed by atoms with Gasteiger partial charge >= 0.3 is 0 Å². The summed E-state index contributed by atoms with van der Waals surface area (Å²) in [5.74, 6) is 0.746. The van der Waals surface area contributed by atoms with Gasteiger partial charge in [-0.1, -0.05) is 0 Å². The first-order valence-electron chi connectivity index (χ1n) is 5.63. The number of hydrogen-bond donors (Lipinski definition) is 1. The first-order valence-corrected chi connectivity index (χ1v) is 5.63. The molecule has 0 spiro atoms. The Hall–Kier alpha value is -1.49. The van der Waals surface area contributed by atoms with Crippen LogP contribution in [-0.4, -0.2) is 26.9 Å². The third-order valence-corrected chi connectivity index (χ3v) is 2.64. The van der Waals surface area contributed by atoms with Crippen LogP contribution in [0.3, 0.4) is 0 Å². The van der Waals surface area contributed by atoms with Crippen molar-refractivity contribution in [1.29, 1.82) is 0 Å². The average Bonchev–Trinajstić information content (AvgIpc) is 2.54. The summed E-state index contributed by atoms with van der Waals surface area (Å²) in [4.78, 5) is 0. The molecule has 0 amide bonds. The zero-order chi connectivity index (χ0) is 12.3. The van der Waals surface area contributed by atoms with Crippen molar-refractivity contribution < 1.29 is 18.6 Å². The first kappa shape index (κ1) is 12.0. The van der Waals surface area contributed by atoms with Crippen molar-refractivity contribution in [1.82, 2.24) is 0 Å². The van der Waals surface area contributed by atoms with Gasteiger partial charge in [0.25, 0.3) is 0 Å². The van der Waals surface area contributed by atoms with Gasteiger partial charge in [-0.05, 0) is 13.0 Å². The van der Waals surface area contributed by atoms with Crippen LogP contribution in [0.2, 0.25) is 0 Å². The van der Waals surface area contributed by atoms with Crippen molar-refractivity contribution in [2.24, 2.45) is 5.73 Å². The van der Waals surface area contributed by atoms with Crippen LogP contribution >= 0.6 is 0 Å². The quantitative estimate of drug-likeness (QED) is 0.871. The molecule has 1 aromatic carbocycles. The summed E-state index contributed by atoms with van der Waals surface area (Å²) in [7, 11) is 1.43. The van der Waals surface area contributed by atoms with Crippen LogP contribution in [0.5, 0.6) is 17.2 Å². The molecule has 1 aromatic rings. The Kier molecular flexibility index (Phi) is 3.68. The minimum Gasteiger partial charge on any atom is -0.493 e. The first-order chi connectivity index (χ1) is 8.27. The van der Waals surface area contributed by atoms with E-state index in [0.717, 1.165) is 6.42 Å². The second-order valence-corrected chi connectivity index (χ2v) is 3.79. The number of ether oxygens (including phenoxy) is 3. The van der Waals surface area contributed by atoms with Crippen LogP contribution in [-0.2, 0) is 6.42 Å². The largest absolute Gasteiger partial charge is 0.493 e. The molecule has 1 heterocycles. The number of benzene rings is 1. The molecule has 17 heavy (non-hydrogen) atoms. The van der Waals surface area contributed by atoms with Crippen molar-refractivity contribution in [3.05, 3.63) is 17.4 Å². The number of rotatable bonds is 3. The van der Waals surface area contributed by atoms with E-state index in [0.29, 0.717) is 43.2 Å². The van der Waals surface area contributed by atoms with E-state index in [4.69, 9.17) is 19.9 Å². The zero-order valence-electron chi connectivity index (χ0n) is 9.79. The summed E-state index contributed by atoms with van der Waals surface area (Å²) in [5.41, 5.74) is 6.18. The lowest BCUT2D eigenvalue weighted by Gasteiger charge is -2.16. The molecule has 0 aromatic heterocycles. The highest BCUT2D eigenvalue weighted by molar-refractivity contribution is 5.55. The standard InChI is InChI=1S/C12H16FNO3/c1-15-11-8(3-4-14)12-10(7-9(11)13)16-5-2-6-17-12/h7H,2-6,14H2,1H3. The number of nitrogens with two attached hydrogens (primary N) is 1. The van der Waals surface area contributed by atoms with Crippen molar-refractivity contribution >= 4 is 0 Å². The van der Waals surface area contributed by atoms with Crippen LogP contribution in [0.25, 0.3) is 0 Å². The van der Waals surface area contributed by atoms with Gasteiger partial charge in [0.05, 0.1) is 20.3 Å². The highest BCUT2D eigenvalue weighted by Crippen LogP contribution is 2.41. The molecule has 0 bridgehead atoms. The van der Waals surface area contributed by atoms with Crippen LogP contribution in [0.1, 0.15) is 12.0 Å². The van der Waals surface area contributed by atoms with Gasteiger partial charge in [-0.3, -0.25) is 0 Å². The van der Waals surface area contributed by atoms with Gasteiger partial charge in [-0.25, -0.2) is 4.39 Å². The molecule has 0 fully saturated rings. The number of fused-ring (bicyclic) bond motifs is 1. The van der Waals surface area contributed by atoms with Gasteiger partial charge < -0.3 is 19.9 Å². The van der Waals surface area contributed by atoms with Crippen LogP contribution in [0.15, 0.2) is 6.07 Å². The predicted molar refractivity (Wildman–Crippen MR) is 61.3 cm³/mol. The molecule has 0 radical (unpaired) electrons. The van der Waals surface area contributed by atoms with Crippen molar-refractivity contribution in [2.45, 2.75) is 12.8 Å². The zero-order valence-corrected chi connectivity index (χ0v) is 9.79. The Morgan fingerprint density at radius 2 is 2.18 bits per heavy atom.